The molecule has 1 aliphatic carbocycles. The Balaban J connectivity index is 2.48. The third-order valence-electron chi connectivity index (χ3n) is 2.23. The summed E-state index contributed by atoms with van der Waals surface area (Å²) in [5, 5.41) is 0. The highest BCUT2D eigenvalue weighted by atomic mass is 14.9. The van der Waals surface area contributed by atoms with Gasteiger partial charge in [0.15, 0.2) is 0 Å². The molecular weight excluding hydrogens is 172 g/mol. The number of hydrogen-bond acceptors (Lipinski definition) is 0. The molecular formula is C12H10N2. The van der Waals surface area contributed by atoms with Crippen LogP contribution in [0.25, 0.3) is 11.1 Å². The van der Waals surface area contributed by atoms with Crippen LogP contribution in [0, 0.1) is 0 Å². The second-order valence-electron chi connectivity index (χ2n) is 3.13. The molecule has 2 heteroatoms. The second-order valence-corrected chi connectivity index (χ2v) is 3.13. The van der Waals surface area contributed by atoms with Gasteiger partial charge < -0.3 is 5.53 Å². The maximum Gasteiger partial charge on any atom is 0.303 e. The van der Waals surface area contributed by atoms with Crippen LogP contribution in [0.1, 0.15) is 12.0 Å². The van der Waals surface area contributed by atoms with E-state index < -0.39 is 0 Å². The van der Waals surface area contributed by atoms with Gasteiger partial charge in [-0.05, 0) is 11.6 Å². The molecule has 0 saturated heterocycles. The van der Waals surface area contributed by atoms with Crippen molar-refractivity contribution in [3.05, 3.63) is 59.7 Å². The number of hydrogen-bond donors (Lipinski definition) is 0. The highest BCUT2D eigenvalue weighted by Gasteiger charge is 2.17. The highest BCUT2D eigenvalue weighted by molar-refractivity contribution is 6.22. The third kappa shape index (κ3) is 1.56. The molecule has 0 amide bonds. The zero-order chi connectivity index (χ0) is 9.80. The first kappa shape index (κ1) is 8.67. The third-order valence-corrected chi connectivity index (χ3v) is 2.23. The van der Waals surface area contributed by atoms with E-state index in [1.54, 1.807) is 0 Å². The Morgan fingerprint density at radius 2 is 1.93 bits per heavy atom. The summed E-state index contributed by atoms with van der Waals surface area (Å²) in [5.41, 5.74) is 11.6. The van der Waals surface area contributed by atoms with Crippen molar-refractivity contribution < 1.29 is 4.79 Å². The van der Waals surface area contributed by atoms with Crippen LogP contribution < -0.4 is 0 Å². The van der Waals surface area contributed by atoms with E-state index in [9.17, 15) is 0 Å². The molecule has 2 rings (SSSR count). The molecule has 1 aromatic carbocycles. The average Bonchev–Trinajstić information content (AvgIpc) is 2.30. The van der Waals surface area contributed by atoms with Gasteiger partial charge in [-0.15, -0.1) is 0 Å². The van der Waals surface area contributed by atoms with Crippen LogP contribution in [-0.4, -0.2) is 10.5 Å². The molecule has 0 aliphatic heterocycles. The van der Waals surface area contributed by atoms with E-state index in [-0.39, 0.29) is 0 Å². The van der Waals surface area contributed by atoms with Crippen molar-refractivity contribution in [3.63, 3.8) is 0 Å². The number of nitrogens with zero attached hydrogens (tertiary/aromatic N) is 2. The lowest BCUT2D eigenvalue weighted by Gasteiger charge is -2.04. The summed E-state index contributed by atoms with van der Waals surface area (Å²) in [6.07, 6.45) is 6.61. The predicted molar refractivity (Wildman–Crippen MR) is 56.8 cm³/mol. The SMILES string of the molecule is [N-]=[N+]=C1CC=CC=C1c1ccccc1. The van der Waals surface area contributed by atoms with Gasteiger partial charge in [-0.2, -0.15) is 4.79 Å². The minimum Gasteiger partial charge on any atom is -0.361 e. The Kier molecular flexibility index (Phi) is 2.39. The molecule has 68 valence electrons. The molecule has 1 aromatic rings. The van der Waals surface area contributed by atoms with Crippen molar-refractivity contribution >= 4 is 11.3 Å². The molecule has 0 aromatic heterocycles. The lowest BCUT2D eigenvalue weighted by molar-refractivity contribution is -0.00446. The Morgan fingerprint density at radius 1 is 1.14 bits per heavy atom. The Hall–Kier alpha value is -1.92. The summed E-state index contributed by atoms with van der Waals surface area (Å²) in [4.78, 5) is 3.30. The molecule has 0 heterocycles. The number of rotatable bonds is 1. The first-order valence-electron chi connectivity index (χ1n) is 4.55. The van der Waals surface area contributed by atoms with Crippen molar-refractivity contribution in [2.45, 2.75) is 6.42 Å². The number of benzene rings is 1. The van der Waals surface area contributed by atoms with Gasteiger partial charge in [-0.3, -0.25) is 0 Å². The molecule has 0 bridgehead atoms. The van der Waals surface area contributed by atoms with Gasteiger partial charge in [0.05, 0.1) is 12.0 Å². The number of allylic oxidation sites excluding steroid dienone is 4. The van der Waals surface area contributed by atoms with E-state index in [1.165, 1.54) is 0 Å². The maximum atomic E-state index is 8.84. The fourth-order valence-electron chi connectivity index (χ4n) is 1.53. The summed E-state index contributed by atoms with van der Waals surface area (Å²) in [6, 6.07) is 9.94. The monoisotopic (exact) mass is 182 g/mol. The smallest absolute Gasteiger partial charge is 0.303 e. The maximum absolute atomic E-state index is 8.84. The predicted octanol–water partition coefficient (Wildman–Crippen LogP) is 2.70. The van der Waals surface area contributed by atoms with Gasteiger partial charge >= 0.3 is 5.71 Å². The lowest BCUT2D eigenvalue weighted by atomic mass is 9.96. The van der Waals surface area contributed by atoms with E-state index in [2.05, 4.69) is 4.79 Å². The lowest BCUT2D eigenvalue weighted by Crippen LogP contribution is -2.04. The Labute approximate surface area is 82.8 Å². The van der Waals surface area contributed by atoms with E-state index in [1.807, 2.05) is 48.6 Å². The van der Waals surface area contributed by atoms with Gasteiger partial charge in [-0.25, -0.2) is 0 Å². The van der Waals surface area contributed by atoms with E-state index in [4.69, 9.17) is 5.53 Å². The minimum atomic E-state index is 0.692. The van der Waals surface area contributed by atoms with Crippen LogP contribution in [0.5, 0.6) is 0 Å². The summed E-state index contributed by atoms with van der Waals surface area (Å²) in [7, 11) is 0. The van der Waals surface area contributed by atoms with E-state index >= 15 is 0 Å². The fourth-order valence-corrected chi connectivity index (χ4v) is 1.53. The van der Waals surface area contributed by atoms with Crippen LogP contribution in [0.2, 0.25) is 0 Å². The second kappa shape index (κ2) is 3.86. The summed E-state index contributed by atoms with van der Waals surface area (Å²) in [5.74, 6) is 0. The summed E-state index contributed by atoms with van der Waals surface area (Å²) < 4.78 is 0. The molecule has 0 fully saturated rings. The van der Waals surface area contributed by atoms with Gasteiger partial charge in [0, 0.05) is 0 Å². The normalized spacial score (nSPS) is 14.9. The molecule has 2 nitrogen and oxygen atoms in total. The van der Waals surface area contributed by atoms with Crippen molar-refractivity contribution in [2.75, 3.05) is 0 Å². The standard InChI is InChI=1S/C12H10N2/c13-14-12-9-5-4-8-11(12)10-6-2-1-3-7-10/h1-8H,9H2. The van der Waals surface area contributed by atoms with Crippen LogP contribution in [-0.2, 0) is 0 Å². The van der Waals surface area contributed by atoms with Gasteiger partial charge in [0.2, 0.25) is 0 Å². The van der Waals surface area contributed by atoms with Crippen LogP contribution >= 0.6 is 0 Å². The van der Waals surface area contributed by atoms with Crippen molar-refractivity contribution in [1.82, 2.24) is 0 Å². The molecule has 0 unspecified atom stereocenters. The molecule has 0 spiro atoms. The summed E-state index contributed by atoms with van der Waals surface area (Å²) in [6.45, 7) is 0. The van der Waals surface area contributed by atoms with E-state index in [0.717, 1.165) is 16.8 Å². The zero-order valence-corrected chi connectivity index (χ0v) is 7.72. The Bertz CT molecular complexity index is 435. The quantitative estimate of drug-likeness (QED) is 0.473. The largest absolute Gasteiger partial charge is 0.361 e. The molecule has 1 aliphatic rings. The minimum absolute atomic E-state index is 0.692. The van der Waals surface area contributed by atoms with Crippen molar-refractivity contribution in [3.8, 4) is 0 Å². The highest BCUT2D eigenvalue weighted by Crippen LogP contribution is 2.19. The van der Waals surface area contributed by atoms with Gasteiger partial charge in [0.25, 0.3) is 0 Å². The van der Waals surface area contributed by atoms with Gasteiger partial charge in [-0.1, -0.05) is 42.5 Å². The molecule has 14 heavy (non-hydrogen) atoms. The fraction of sp³-hybridized carbons (Fsp3) is 0.0833. The van der Waals surface area contributed by atoms with E-state index in [0.29, 0.717) is 6.42 Å². The molecule has 0 N–H and O–H groups in total. The first-order valence-corrected chi connectivity index (χ1v) is 4.55. The van der Waals surface area contributed by atoms with Crippen LogP contribution in [0.4, 0.5) is 0 Å². The first-order chi connectivity index (χ1) is 6.92. The molecule has 0 saturated carbocycles. The topological polar surface area (TPSA) is 36.4 Å². The van der Waals surface area contributed by atoms with Crippen LogP contribution in [0.15, 0.2) is 48.6 Å². The molecule has 0 atom stereocenters. The van der Waals surface area contributed by atoms with Crippen molar-refractivity contribution in [2.24, 2.45) is 0 Å². The zero-order valence-electron chi connectivity index (χ0n) is 7.72. The van der Waals surface area contributed by atoms with Crippen molar-refractivity contribution in [1.29, 1.82) is 0 Å². The molecule has 0 radical (unpaired) electrons. The van der Waals surface area contributed by atoms with Crippen LogP contribution in [0.3, 0.4) is 0 Å². The Morgan fingerprint density at radius 3 is 2.64 bits per heavy atom. The van der Waals surface area contributed by atoms with Gasteiger partial charge in [0.1, 0.15) is 0 Å². The summed E-state index contributed by atoms with van der Waals surface area (Å²) >= 11 is 0. The average molecular weight is 182 g/mol.